The van der Waals surface area contributed by atoms with Gasteiger partial charge < -0.3 is 27.9 Å². The van der Waals surface area contributed by atoms with Crippen LogP contribution < -0.4 is 4.89 Å². The predicted octanol–water partition coefficient (Wildman–Crippen LogP) is 7.27. The standard InChI is InChI=1S/C29H62NO6P/c1-6-8-9-10-11-12-13-14-15-16-17-18-19-20-21-22-25-33-27-29(34-24-7-2)28-36-37(31,32)35-26-23-30(3,4)5/h29H,6-28H2,1-5H3/t29-/m1/s1. The molecule has 37 heavy (non-hydrogen) atoms. The summed E-state index contributed by atoms with van der Waals surface area (Å²) in [6.07, 6.45) is 22.0. The zero-order chi connectivity index (χ0) is 27.7. The van der Waals surface area contributed by atoms with Crippen LogP contribution in [0.5, 0.6) is 0 Å². The molecule has 0 heterocycles. The minimum Gasteiger partial charge on any atom is -0.756 e. The molecule has 0 aromatic carbocycles. The summed E-state index contributed by atoms with van der Waals surface area (Å²) in [6, 6.07) is 0. The predicted molar refractivity (Wildman–Crippen MR) is 153 cm³/mol. The minimum atomic E-state index is -4.34. The van der Waals surface area contributed by atoms with E-state index in [1.807, 2.05) is 28.1 Å². The second-order valence-electron chi connectivity index (χ2n) is 11.5. The first-order valence-corrected chi connectivity index (χ1v) is 16.8. The number of likely N-dealkylation sites (N-methyl/N-ethyl adjacent to an activating group) is 1. The molecule has 0 rings (SSSR count). The fraction of sp³-hybridized carbons (Fsp3) is 1.00. The van der Waals surface area contributed by atoms with Gasteiger partial charge in [-0.25, -0.2) is 0 Å². The topological polar surface area (TPSA) is 77.1 Å². The Hall–Kier alpha value is -0.0100. The van der Waals surface area contributed by atoms with Crippen LogP contribution in [0.15, 0.2) is 0 Å². The number of phosphoric acid groups is 1. The molecule has 0 N–H and O–H groups in total. The van der Waals surface area contributed by atoms with Crippen LogP contribution in [0.1, 0.15) is 123 Å². The third-order valence-electron chi connectivity index (χ3n) is 6.43. The summed E-state index contributed by atoms with van der Waals surface area (Å²) in [7, 11) is 1.59. The fourth-order valence-electron chi connectivity index (χ4n) is 4.03. The Morgan fingerprint density at radius 2 is 1.11 bits per heavy atom. The molecule has 8 heteroatoms. The summed E-state index contributed by atoms with van der Waals surface area (Å²) in [5, 5.41) is 0. The van der Waals surface area contributed by atoms with Gasteiger partial charge in [-0.15, -0.1) is 0 Å². The minimum absolute atomic E-state index is 0.0793. The number of hydrogen-bond acceptors (Lipinski definition) is 6. The number of hydrogen-bond donors (Lipinski definition) is 0. The van der Waals surface area contributed by atoms with Crippen LogP contribution in [0.2, 0.25) is 0 Å². The molecule has 2 atom stereocenters. The van der Waals surface area contributed by atoms with E-state index in [9.17, 15) is 9.46 Å². The van der Waals surface area contributed by atoms with Crippen LogP contribution in [0.3, 0.4) is 0 Å². The molecule has 0 aromatic heterocycles. The van der Waals surface area contributed by atoms with Crippen molar-refractivity contribution in [2.45, 2.75) is 129 Å². The second-order valence-corrected chi connectivity index (χ2v) is 12.9. The van der Waals surface area contributed by atoms with Crippen molar-refractivity contribution in [3.05, 3.63) is 0 Å². The highest BCUT2D eigenvalue weighted by Gasteiger charge is 2.17. The van der Waals surface area contributed by atoms with Gasteiger partial charge in [0.1, 0.15) is 19.3 Å². The molecule has 224 valence electrons. The third-order valence-corrected chi connectivity index (χ3v) is 7.40. The lowest BCUT2D eigenvalue weighted by atomic mass is 10.0. The molecule has 0 aliphatic rings. The molecular formula is C29H62NO6P. The van der Waals surface area contributed by atoms with Crippen LogP contribution in [0.4, 0.5) is 0 Å². The number of rotatable bonds is 29. The molecule has 0 radical (unpaired) electrons. The highest BCUT2D eigenvalue weighted by atomic mass is 31.2. The number of quaternary nitrogens is 1. The van der Waals surface area contributed by atoms with E-state index in [0.717, 1.165) is 12.8 Å². The van der Waals surface area contributed by atoms with Crippen molar-refractivity contribution in [2.75, 3.05) is 60.7 Å². The van der Waals surface area contributed by atoms with Gasteiger partial charge in [0.25, 0.3) is 7.82 Å². The maximum atomic E-state index is 12.0. The highest BCUT2D eigenvalue weighted by Crippen LogP contribution is 2.38. The smallest absolute Gasteiger partial charge is 0.268 e. The Morgan fingerprint density at radius 3 is 1.57 bits per heavy atom. The zero-order valence-corrected chi connectivity index (χ0v) is 26.1. The largest absolute Gasteiger partial charge is 0.756 e. The third kappa shape index (κ3) is 28.8. The maximum absolute atomic E-state index is 12.0. The van der Waals surface area contributed by atoms with Crippen molar-refractivity contribution in [1.29, 1.82) is 0 Å². The van der Waals surface area contributed by atoms with E-state index >= 15 is 0 Å². The normalized spacial score (nSPS) is 14.6. The first-order valence-electron chi connectivity index (χ1n) is 15.3. The van der Waals surface area contributed by atoms with E-state index < -0.39 is 13.9 Å². The lowest BCUT2D eigenvalue weighted by molar-refractivity contribution is -0.870. The highest BCUT2D eigenvalue weighted by molar-refractivity contribution is 7.45. The van der Waals surface area contributed by atoms with Gasteiger partial charge in [-0.2, -0.15) is 0 Å². The van der Waals surface area contributed by atoms with Crippen molar-refractivity contribution in [3.8, 4) is 0 Å². The van der Waals surface area contributed by atoms with E-state index in [2.05, 4.69) is 6.92 Å². The number of unbranched alkanes of at least 4 members (excludes halogenated alkanes) is 15. The quantitative estimate of drug-likeness (QED) is 0.0553. The number of phosphoric ester groups is 1. The Balaban J connectivity index is 3.68. The zero-order valence-electron chi connectivity index (χ0n) is 25.2. The molecule has 0 fully saturated rings. The Bertz CT molecular complexity index is 529. The number of nitrogens with zero attached hydrogens (tertiary/aromatic N) is 1. The monoisotopic (exact) mass is 551 g/mol. The van der Waals surface area contributed by atoms with Crippen LogP contribution in [0.25, 0.3) is 0 Å². The van der Waals surface area contributed by atoms with Crippen molar-refractivity contribution in [1.82, 2.24) is 0 Å². The molecule has 1 unspecified atom stereocenters. The Morgan fingerprint density at radius 1 is 0.622 bits per heavy atom. The second kappa shape index (κ2) is 25.0. The summed E-state index contributed by atoms with van der Waals surface area (Å²) in [5.74, 6) is 0. The van der Waals surface area contributed by atoms with E-state index in [1.54, 1.807) is 0 Å². The lowest BCUT2D eigenvalue weighted by Crippen LogP contribution is -2.37. The summed E-state index contributed by atoms with van der Waals surface area (Å²) in [4.78, 5) is 12.0. The molecular weight excluding hydrogens is 489 g/mol. The average molecular weight is 552 g/mol. The van der Waals surface area contributed by atoms with E-state index in [0.29, 0.717) is 30.8 Å². The molecule has 0 aromatic rings. The van der Waals surface area contributed by atoms with Gasteiger partial charge >= 0.3 is 0 Å². The first kappa shape index (κ1) is 37.0. The fourth-order valence-corrected chi connectivity index (χ4v) is 4.76. The summed E-state index contributed by atoms with van der Waals surface area (Å²) in [5.41, 5.74) is 0. The number of ether oxygens (including phenoxy) is 2. The van der Waals surface area contributed by atoms with Crippen molar-refractivity contribution < 1.29 is 32.5 Å². The van der Waals surface area contributed by atoms with Gasteiger partial charge in [0, 0.05) is 13.2 Å². The van der Waals surface area contributed by atoms with Crippen molar-refractivity contribution in [3.63, 3.8) is 0 Å². The molecule has 0 saturated heterocycles. The molecule has 7 nitrogen and oxygen atoms in total. The van der Waals surface area contributed by atoms with Crippen molar-refractivity contribution in [2.24, 2.45) is 0 Å². The van der Waals surface area contributed by atoms with E-state index in [-0.39, 0.29) is 13.2 Å². The van der Waals surface area contributed by atoms with Crippen LogP contribution in [0, 0.1) is 0 Å². The molecule has 0 amide bonds. The van der Waals surface area contributed by atoms with Gasteiger partial charge in [-0.3, -0.25) is 4.57 Å². The van der Waals surface area contributed by atoms with Gasteiger partial charge in [0.15, 0.2) is 0 Å². The molecule has 0 spiro atoms. The summed E-state index contributed by atoms with van der Waals surface area (Å²) in [6.45, 7) is 6.43. The van der Waals surface area contributed by atoms with Crippen LogP contribution >= 0.6 is 7.82 Å². The van der Waals surface area contributed by atoms with E-state index in [4.69, 9.17) is 18.5 Å². The maximum Gasteiger partial charge on any atom is 0.268 e. The van der Waals surface area contributed by atoms with Crippen LogP contribution in [-0.2, 0) is 23.1 Å². The van der Waals surface area contributed by atoms with Crippen molar-refractivity contribution >= 4 is 7.82 Å². The van der Waals surface area contributed by atoms with Gasteiger partial charge in [-0.1, -0.05) is 110 Å². The van der Waals surface area contributed by atoms with Gasteiger partial charge in [0.05, 0.1) is 34.4 Å². The lowest BCUT2D eigenvalue weighted by Gasteiger charge is -2.28. The average Bonchev–Trinajstić information content (AvgIpc) is 2.83. The summed E-state index contributed by atoms with van der Waals surface area (Å²) >= 11 is 0. The Labute approximate surface area is 230 Å². The molecule has 0 saturated carbocycles. The van der Waals surface area contributed by atoms with Crippen LogP contribution in [-0.4, -0.2) is 71.3 Å². The molecule has 0 aliphatic heterocycles. The SMILES string of the molecule is CCCCCCCCCCCCCCCCCCOC[C@H](COP(=O)([O-])OCC[N+](C)(C)C)OCCC. The summed E-state index contributed by atoms with van der Waals surface area (Å²) < 4.78 is 34.1. The van der Waals surface area contributed by atoms with Gasteiger partial charge in [-0.05, 0) is 12.8 Å². The molecule has 0 aliphatic carbocycles. The Kier molecular flexibility index (Phi) is 25.0. The molecule has 0 bridgehead atoms. The van der Waals surface area contributed by atoms with Gasteiger partial charge in [0.2, 0.25) is 0 Å². The van der Waals surface area contributed by atoms with E-state index in [1.165, 1.54) is 96.3 Å². The first-order chi connectivity index (χ1) is 17.7.